The molecule has 6 nitrogen and oxygen atoms in total. The van der Waals surface area contributed by atoms with Gasteiger partial charge in [-0.05, 0) is 37.8 Å². The number of aromatic nitrogens is 2. The van der Waals surface area contributed by atoms with E-state index < -0.39 is 5.54 Å². The molecule has 4 rings (SSSR count). The van der Waals surface area contributed by atoms with Gasteiger partial charge in [0.2, 0.25) is 11.8 Å². The van der Waals surface area contributed by atoms with Crippen molar-refractivity contribution in [2.75, 3.05) is 5.32 Å². The van der Waals surface area contributed by atoms with Crippen molar-refractivity contribution in [3.05, 3.63) is 36.3 Å². The van der Waals surface area contributed by atoms with Crippen molar-refractivity contribution in [2.45, 2.75) is 70.4 Å². The fourth-order valence-electron chi connectivity index (χ4n) is 4.46. The summed E-state index contributed by atoms with van der Waals surface area (Å²) < 4.78 is 2.23. The van der Waals surface area contributed by atoms with Crippen LogP contribution in [0.15, 0.2) is 30.5 Å². The molecular weight excluding hydrogens is 352 g/mol. The van der Waals surface area contributed by atoms with E-state index in [9.17, 15) is 9.59 Å². The van der Waals surface area contributed by atoms with Gasteiger partial charge in [-0.15, -0.1) is 0 Å². The van der Waals surface area contributed by atoms with Crippen LogP contribution in [0.1, 0.15) is 57.7 Å². The highest BCUT2D eigenvalue weighted by Crippen LogP contribution is 2.30. The van der Waals surface area contributed by atoms with Crippen molar-refractivity contribution >= 4 is 17.5 Å². The number of fused-ring (bicyclic) bond motifs is 1. The molecule has 1 aromatic carbocycles. The summed E-state index contributed by atoms with van der Waals surface area (Å²) in [4.78, 5) is 29.6. The number of hydrogen-bond donors (Lipinski definition) is 2. The molecule has 6 heteroatoms. The minimum absolute atomic E-state index is 0.122. The molecule has 148 valence electrons. The van der Waals surface area contributed by atoms with Gasteiger partial charge < -0.3 is 15.2 Å². The quantitative estimate of drug-likeness (QED) is 0.850. The van der Waals surface area contributed by atoms with Crippen molar-refractivity contribution in [1.29, 1.82) is 0 Å². The first-order chi connectivity index (χ1) is 13.6. The lowest BCUT2D eigenvalue weighted by molar-refractivity contribution is -0.130. The van der Waals surface area contributed by atoms with Crippen molar-refractivity contribution in [1.82, 2.24) is 14.9 Å². The van der Waals surface area contributed by atoms with Crippen LogP contribution in [0.5, 0.6) is 0 Å². The predicted octanol–water partition coefficient (Wildman–Crippen LogP) is 3.66. The number of nitrogens with one attached hydrogen (secondary N) is 2. The number of aryl methyl sites for hydroxylation is 2. The number of nitrogens with zero attached hydrogens (tertiary/aromatic N) is 2. The number of imidazole rings is 1. The van der Waals surface area contributed by atoms with E-state index in [0.29, 0.717) is 12.8 Å². The lowest BCUT2D eigenvalue weighted by atomic mass is 9.80. The van der Waals surface area contributed by atoms with Crippen LogP contribution in [0, 0.1) is 0 Å². The zero-order valence-corrected chi connectivity index (χ0v) is 16.5. The highest BCUT2D eigenvalue weighted by molar-refractivity contribution is 6.00. The maximum atomic E-state index is 13.1. The largest absolute Gasteiger partial charge is 0.342 e. The molecule has 0 spiro atoms. The molecule has 1 aliphatic heterocycles. The highest BCUT2D eigenvalue weighted by atomic mass is 16.2. The lowest BCUT2D eigenvalue weighted by Gasteiger charge is -2.36. The summed E-state index contributed by atoms with van der Waals surface area (Å²) in [6.07, 6.45) is 9.90. The summed E-state index contributed by atoms with van der Waals surface area (Å²) in [6, 6.07) is 7.82. The van der Waals surface area contributed by atoms with Crippen LogP contribution in [0.2, 0.25) is 0 Å². The molecule has 1 aliphatic carbocycles. The molecule has 2 aliphatic rings. The van der Waals surface area contributed by atoms with Gasteiger partial charge in [-0.25, -0.2) is 4.98 Å². The summed E-state index contributed by atoms with van der Waals surface area (Å²) in [7, 11) is 0. The van der Waals surface area contributed by atoms with Crippen molar-refractivity contribution in [3.63, 3.8) is 0 Å². The van der Waals surface area contributed by atoms with Gasteiger partial charge in [0.05, 0.1) is 5.69 Å². The molecular formula is C22H28N4O2. The topological polar surface area (TPSA) is 76.0 Å². The number of carbonyl (C=O) groups excluding carboxylic acids is 2. The first-order valence-electron chi connectivity index (χ1n) is 10.3. The second-order valence-corrected chi connectivity index (χ2v) is 8.05. The van der Waals surface area contributed by atoms with E-state index in [1.54, 1.807) is 0 Å². The zero-order valence-electron chi connectivity index (χ0n) is 16.5. The molecule has 1 saturated carbocycles. The third kappa shape index (κ3) is 3.81. The van der Waals surface area contributed by atoms with Gasteiger partial charge in [-0.2, -0.15) is 0 Å². The normalized spacial score (nSPS) is 18.2. The van der Waals surface area contributed by atoms with Crippen molar-refractivity contribution in [2.24, 2.45) is 0 Å². The third-order valence-electron chi connectivity index (χ3n) is 5.88. The van der Waals surface area contributed by atoms with Gasteiger partial charge in [0, 0.05) is 37.3 Å². The highest BCUT2D eigenvalue weighted by Gasteiger charge is 2.40. The summed E-state index contributed by atoms with van der Waals surface area (Å²) in [6.45, 7) is 2.50. The van der Waals surface area contributed by atoms with Gasteiger partial charge in [-0.3, -0.25) is 9.59 Å². The summed E-state index contributed by atoms with van der Waals surface area (Å²) in [5.74, 6) is 0.862. The van der Waals surface area contributed by atoms with E-state index in [0.717, 1.165) is 55.0 Å². The van der Waals surface area contributed by atoms with E-state index >= 15 is 0 Å². The van der Waals surface area contributed by atoms with Crippen LogP contribution < -0.4 is 10.6 Å². The lowest BCUT2D eigenvalue weighted by Crippen LogP contribution is -2.57. The average molecular weight is 380 g/mol. The fraction of sp³-hybridized carbons (Fsp3) is 0.500. The molecule has 2 N–H and O–H groups in total. The molecule has 0 atom stereocenters. The number of amides is 2. The summed E-state index contributed by atoms with van der Waals surface area (Å²) >= 11 is 0. The number of benzene rings is 1. The minimum Gasteiger partial charge on any atom is -0.342 e. The van der Waals surface area contributed by atoms with E-state index in [1.807, 2.05) is 24.3 Å². The minimum atomic E-state index is -0.798. The Balaban J connectivity index is 1.55. The van der Waals surface area contributed by atoms with Crippen molar-refractivity contribution in [3.8, 4) is 11.3 Å². The SMILES string of the molecule is CC(=O)NC1(C(=O)Nc2cccc(-c3cn4c(n3)CCCC4)c2)CCCCC1. The molecule has 2 aromatic rings. The van der Waals surface area contributed by atoms with Crippen LogP contribution in [-0.4, -0.2) is 26.9 Å². The summed E-state index contributed by atoms with van der Waals surface area (Å²) in [5.41, 5.74) is 1.89. The Morgan fingerprint density at radius 2 is 1.93 bits per heavy atom. The molecule has 2 amide bonds. The van der Waals surface area contributed by atoms with E-state index in [-0.39, 0.29) is 11.8 Å². The second-order valence-electron chi connectivity index (χ2n) is 8.05. The molecule has 28 heavy (non-hydrogen) atoms. The second kappa shape index (κ2) is 7.78. The standard InChI is InChI=1S/C22H28N4O2/c1-16(27)25-22(11-4-2-5-12-22)21(28)23-18-9-7-8-17(14-18)19-15-26-13-6-3-10-20(26)24-19/h7-9,14-15H,2-6,10-13H2,1H3,(H,23,28)(H,25,27). The molecule has 0 radical (unpaired) electrons. The van der Waals surface area contributed by atoms with Crippen LogP contribution in [0.3, 0.4) is 0 Å². The third-order valence-corrected chi connectivity index (χ3v) is 5.88. The van der Waals surface area contributed by atoms with Gasteiger partial charge in [0.1, 0.15) is 11.4 Å². The Morgan fingerprint density at radius 3 is 2.68 bits per heavy atom. The van der Waals surface area contributed by atoms with Gasteiger partial charge in [0.25, 0.3) is 0 Å². The van der Waals surface area contributed by atoms with Gasteiger partial charge >= 0.3 is 0 Å². The molecule has 2 heterocycles. The Labute approximate surface area is 165 Å². The number of anilines is 1. The molecule has 0 bridgehead atoms. The van der Waals surface area contributed by atoms with Crippen LogP contribution in [0.25, 0.3) is 11.3 Å². The first-order valence-corrected chi connectivity index (χ1v) is 10.3. The predicted molar refractivity (Wildman–Crippen MR) is 109 cm³/mol. The van der Waals surface area contributed by atoms with Crippen LogP contribution in [0.4, 0.5) is 5.69 Å². The van der Waals surface area contributed by atoms with Crippen LogP contribution in [-0.2, 0) is 22.6 Å². The first kappa shape index (κ1) is 18.7. The smallest absolute Gasteiger partial charge is 0.250 e. The average Bonchev–Trinajstić information content (AvgIpc) is 3.13. The van der Waals surface area contributed by atoms with Crippen molar-refractivity contribution < 1.29 is 9.59 Å². The molecule has 0 saturated heterocycles. The van der Waals surface area contributed by atoms with E-state index in [4.69, 9.17) is 4.98 Å². The molecule has 0 unspecified atom stereocenters. The maximum absolute atomic E-state index is 13.1. The monoisotopic (exact) mass is 380 g/mol. The van der Waals surface area contributed by atoms with Gasteiger partial charge in [0.15, 0.2) is 0 Å². The summed E-state index contributed by atoms with van der Waals surface area (Å²) in [5, 5.41) is 5.97. The molecule has 1 fully saturated rings. The van der Waals surface area contributed by atoms with Crippen LogP contribution >= 0.6 is 0 Å². The number of carbonyl (C=O) groups is 2. The maximum Gasteiger partial charge on any atom is 0.250 e. The number of hydrogen-bond acceptors (Lipinski definition) is 3. The Kier molecular flexibility index (Phi) is 5.20. The van der Waals surface area contributed by atoms with E-state index in [2.05, 4.69) is 21.4 Å². The number of rotatable bonds is 4. The molecule has 1 aromatic heterocycles. The fourth-order valence-corrected chi connectivity index (χ4v) is 4.46. The zero-order chi connectivity index (χ0) is 19.6. The Bertz CT molecular complexity index is 857. The Morgan fingerprint density at radius 1 is 1.11 bits per heavy atom. The van der Waals surface area contributed by atoms with Gasteiger partial charge in [-0.1, -0.05) is 31.4 Å². The van der Waals surface area contributed by atoms with E-state index in [1.165, 1.54) is 19.8 Å². The Hall–Kier alpha value is -2.63.